The van der Waals surface area contributed by atoms with Crippen LogP contribution in [0.15, 0.2) is 43.1 Å². The van der Waals surface area contributed by atoms with E-state index < -0.39 is 0 Å². The van der Waals surface area contributed by atoms with E-state index in [2.05, 4.69) is 20.3 Å². The Hall–Kier alpha value is -1.81. The van der Waals surface area contributed by atoms with E-state index in [1.54, 1.807) is 12.5 Å². The predicted molar refractivity (Wildman–Crippen MR) is 61.7 cm³/mol. The van der Waals surface area contributed by atoms with Gasteiger partial charge in [0.2, 0.25) is 0 Å². The molecule has 0 saturated carbocycles. The van der Waals surface area contributed by atoms with Gasteiger partial charge in [-0.25, -0.2) is 9.97 Å². The van der Waals surface area contributed by atoms with Gasteiger partial charge < -0.3 is 5.32 Å². The fourth-order valence-corrected chi connectivity index (χ4v) is 1.42. The zero-order chi connectivity index (χ0) is 11.1. The first kappa shape index (κ1) is 10.7. The van der Waals surface area contributed by atoms with Crippen LogP contribution in [-0.2, 0) is 13.0 Å². The number of nitrogens with one attached hydrogen (secondary N) is 1. The van der Waals surface area contributed by atoms with Crippen molar-refractivity contribution >= 4 is 0 Å². The summed E-state index contributed by atoms with van der Waals surface area (Å²) in [7, 11) is 0. The molecule has 4 nitrogen and oxygen atoms in total. The second kappa shape index (κ2) is 5.92. The Kier molecular flexibility index (Phi) is 3.96. The third kappa shape index (κ3) is 3.40. The monoisotopic (exact) mass is 214 g/mol. The van der Waals surface area contributed by atoms with Crippen LogP contribution in [0.1, 0.15) is 11.3 Å². The van der Waals surface area contributed by atoms with Gasteiger partial charge in [-0.05, 0) is 36.7 Å². The molecule has 0 aliphatic rings. The molecule has 0 aromatic carbocycles. The lowest BCUT2D eigenvalue weighted by Crippen LogP contribution is -2.17. The molecule has 16 heavy (non-hydrogen) atoms. The highest BCUT2D eigenvalue weighted by Gasteiger charge is 1.94. The van der Waals surface area contributed by atoms with Crippen LogP contribution < -0.4 is 5.32 Å². The summed E-state index contributed by atoms with van der Waals surface area (Å²) in [5.74, 6) is 0. The van der Waals surface area contributed by atoms with Crippen molar-refractivity contribution < 1.29 is 0 Å². The van der Waals surface area contributed by atoms with Crippen molar-refractivity contribution in [3.63, 3.8) is 0 Å². The molecule has 0 saturated heterocycles. The van der Waals surface area contributed by atoms with E-state index in [4.69, 9.17) is 0 Å². The first-order valence-corrected chi connectivity index (χ1v) is 5.29. The molecular weight excluding hydrogens is 200 g/mol. The Morgan fingerprint density at radius 2 is 1.81 bits per heavy atom. The van der Waals surface area contributed by atoms with Crippen LogP contribution >= 0.6 is 0 Å². The van der Waals surface area contributed by atoms with Gasteiger partial charge >= 0.3 is 0 Å². The highest BCUT2D eigenvalue weighted by Crippen LogP contribution is 1.96. The van der Waals surface area contributed by atoms with Crippen molar-refractivity contribution in [3.8, 4) is 0 Å². The van der Waals surface area contributed by atoms with Gasteiger partial charge in [-0.2, -0.15) is 0 Å². The molecule has 82 valence electrons. The van der Waals surface area contributed by atoms with E-state index in [0.717, 1.165) is 25.2 Å². The van der Waals surface area contributed by atoms with Crippen molar-refractivity contribution in [3.05, 3.63) is 54.4 Å². The predicted octanol–water partition coefficient (Wildman–Crippen LogP) is 1.20. The average Bonchev–Trinajstić information content (AvgIpc) is 2.37. The van der Waals surface area contributed by atoms with Crippen LogP contribution in [0.4, 0.5) is 0 Å². The first-order chi connectivity index (χ1) is 7.95. The van der Waals surface area contributed by atoms with E-state index >= 15 is 0 Å². The summed E-state index contributed by atoms with van der Waals surface area (Å²) in [4.78, 5) is 12.0. The van der Waals surface area contributed by atoms with E-state index in [1.807, 2.05) is 30.6 Å². The minimum Gasteiger partial charge on any atom is -0.311 e. The summed E-state index contributed by atoms with van der Waals surface area (Å²) < 4.78 is 0. The zero-order valence-electron chi connectivity index (χ0n) is 9.00. The third-order valence-corrected chi connectivity index (χ3v) is 2.29. The lowest BCUT2D eigenvalue weighted by atomic mass is 10.2. The number of hydrogen-bond acceptors (Lipinski definition) is 4. The molecule has 0 spiro atoms. The van der Waals surface area contributed by atoms with Gasteiger partial charge in [-0.3, -0.25) is 4.98 Å². The molecule has 2 aromatic rings. The molecule has 0 bridgehead atoms. The highest BCUT2D eigenvalue weighted by molar-refractivity contribution is 5.09. The molecule has 0 amide bonds. The third-order valence-electron chi connectivity index (χ3n) is 2.29. The molecule has 0 unspecified atom stereocenters. The second-order valence-corrected chi connectivity index (χ2v) is 3.48. The van der Waals surface area contributed by atoms with Crippen LogP contribution in [-0.4, -0.2) is 21.5 Å². The normalized spacial score (nSPS) is 10.2. The lowest BCUT2D eigenvalue weighted by Gasteiger charge is -2.03. The second-order valence-electron chi connectivity index (χ2n) is 3.48. The Morgan fingerprint density at radius 3 is 2.56 bits per heavy atom. The first-order valence-electron chi connectivity index (χ1n) is 5.29. The minimum absolute atomic E-state index is 0.785. The highest BCUT2D eigenvalue weighted by atomic mass is 14.9. The van der Waals surface area contributed by atoms with Crippen molar-refractivity contribution in [2.75, 3.05) is 6.54 Å². The fraction of sp³-hybridized carbons (Fsp3) is 0.250. The summed E-state index contributed by atoms with van der Waals surface area (Å²) in [5, 5.41) is 3.34. The largest absolute Gasteiger partial charge is 0.311 e. The van der Waals surface area contributed by atoms with Gasteiger partial charge in [0.25, 0.3) is 0 Å². The van der Waals surface area contributed by atoms with Crippen LogP contribution in [0.25, 0.3) is 0 Å². The van der Waals surface area contributed by atoms with Gasteiger partial charge in [0.15, 0.2) is 0 Å². The van der Waals surface area contributed by atoms with Crippen molar-refractivity contribution in [1.29, 1.82) is 0 Å². The van der Waals surface area contributed by atoms with E-state index in [1.165, 1.54) is 5.56 Å². The zero-order valence-corrected chi connectivity index (χ0v) is 9.00. The molecule has 2 heterocycles. The Labute approximate surface area is 94.8 Å². The molecule has 1 N–H and O–H groups in total. The minimum atomic E-state index is 0.785. The molecular formula is C12H14N4. The quantitative estimate of drug-likeness (QED) is 0.760. The molecule has 2 aromatic heterocycles. The maximum absolute atomic E-state index is 4.14. The molecule has 4 heteroatoms. The van der Waals surface area contributed by atoms with E-state index in [9.17, 15) is 0 Å². The number of pyridine rings is 1. The molecule has 0 fully saturated rings. The Bertz CT molecular complexity index is 360. The molecule has 0 aliphatic carbocycles. The van der Waals surface area contributed by atoms with Crippen molar-refractivity contribution in [2.45, 2.75) is 13.0 Å². The standard InChI is InChI=1S/C12H14N4/c1-5-13-6-2-11(1)3-7-14-9-12-4-8-15-10-16-12/h1-2,4-6,8,10,14H,3,7,9H2. The number of hydrogen-bond donors (Lipinski definition) is 1. The average molecular weight is 214 g/mol. The Balaban J connectivity index is 1.70. The summed E-state index contributed by atoms with van der Waals surface area (Å²) >= 11 is 0. The van der Waals surface area contributed by atoms with Gasteiger partial charge in [0, 0.05) is 25.1 Å². The van der Waals surface area contributed by atoms with Gasteiger partial charge in [-0.1, -0.05) is 0 Å². The Morgan fingerprint density at radius 1 is 1.00 bits per heavy atom. The van der Waals surface area contributed by atoms with Gasteiger partial charge in [-0.15, -0.1) is 0 Å². The van der Waals surface area contributed by atoms with Crippen LogP contribution in [0.5, 0.6) is 0 Å². The van der Waals surface area contributed by atoms with Gasteiger partial charge in [0.05, 0.1) is 5.69 Å². The van der Waals surface area contributed by atoms with Crippen molar-refractivity contribution in [2.24, 2.45) is 0 Å². The number of rotatable bonds is 5. The summed E-state index contributed by atoms with van der Waals surface area (Å²) in [6.07, 6.45) is 7.97. The lowest BCUT2D eigenvalue weighted by molar-refractivity contribution is 0.673. The molecule has 0 atom stereocenters. The number of nitrogens with zero attached hydrogens (tertiary/aromatic N) is 3. The maximum atomic E-state index is 4.14. The van der Waals surface area contributed by atoms with Crippen LogP contribution in [0, 0.1) is 0 Å². The SMILES string of the molecule is c1cc(CCNCc2ccncn2)ccn1. The summed E-state index contributed by atoms with van der Waals surface area (Å²) in [5.41, 5.74) is 2.31. The molecule has 0 aliphatic heterocycles. The van der Waals surface area contributed by atoms with Gasteiger partial charge in [0.1, 0.15) is 6.33 Å². The molecule has 0 radical (unpaired) electrons. The van der Waals surface area contributed by atoms with E-state index in [-0.39, 0.29) is 0 Å². The van der Waals surface area contributed by atoms with Crippen LogP contribution in [0.2, 0.25) is 0 Å². The summed E-state index contributed by atoms with van der Waals surface area (Å²) in [6, 6.07) is 5.98. The summed E-state index contributed by atoms with van der Waals surface area (Å²) in [6.45, 7) is 1.72. The smallest absolute Gasteiger partial charge is 0.115 e. The molecule has 2 rings (SSSR count). The van der Waals surface area contributed by atoms with Crippen molar-refractivity contribution in [1.82, 2.24) is 20.3 Å². The topological polar surface area (TPSA) is 50.7 Å². The van der Waals surface area contributed by atoms with E-state index in [0.29, 0.717) is 0 Å². The maximum Gasteiger partial charge on any atom is 0.115 e. The van der Waals surface area contributed by atoms with Crippen LogP contribution in [0.3, 0.4) is 0 Å². The fourth-order valence-electron chi connectivity index (χ4n) is 1.42. The number of aromatic nitrogens is 3.